The molecule has 0 unspecified atom stereocenters. The highest BCUT2D eigenvalue weighted by Gasteiger charge is 2.18. The number of nitrogens with zero attached hydrogens (tertiary/aromatic N) is 3. The quantitative estimate of drug-likeness (QED) is 0.679. The number of carbonyl (C=O) groups is 1. The molecule has 0 fully saturated rings. The van der Waals surface area contributed by atoms with E-state index in [1.54, 1.807) is 18.3 Å². The third-order valence-corrected chi connectivity index (χ3v) is 3.85. The van der Waals surface area contributed by atoms with E-state index in [0.29, 0.717) is 29.5 Å². The molecule has 23 heavy (non-hydrogen) atoms. The maximum absolute atomic E-state index is 12.6. The average molecular weight is 309 g/mol. The van der Waals surface area contributed by atoms with Gasteiger partial charge in [0, 0.05) is 23.0 Å². The minimum atomic E-state index is -0.105. The fraction of sp³-hybridized carbons (Fsp3) is 0.278. The van der Waals surface area contributed by atoms with Crippen LogP contribution in [0.5, 0.6) is 5.88 Å². The third-order valence-electron chi connectivity index (χ3n) is 3.85. The number of ketones is 1. The molecule has 0 saturated heterocycles. The lowest BCUT2D eigenvalue weighted by Gasteiger charge is -2.11. The molecule has 0 saturated carbocycles. The van der Waals surface area contributed by atoms with Gasteiger partial charge in [0.15, 0.2) is 0 Å². The lowest BCUT2D eigenvalue weighted by Crippen LogP contribution is -2.05. The van der Waals surface area contributed by atoms with Crippen molar-refractivity contribution < 1.29 is 9.53 Å². The van der Waals surface area contributed by atoms with Gasteiger partial charge in [0.2, 0.25) is 17.4 Å². The van der Waals surface area contributed by atoms with Crippen molar-refractivity contribution >= 4 is 11.6 Å². The molecular formula is C18H19N3O2. The van der Waals surface area contributed by atoms with Crippen LogP contribution in [-0.4, -0.2) is 26.8 Å². The van der Waals surface area contributed by atoms with Crippen molar-refractivity contribution in [3.63, 3.8) is 0 Å². The number of ether oxygens (including phenoxy) is 1. The molecule has 0 radical (unpaired) electrons. The van der Waals surface area contributed by atoms with Crippen LogP contribution in [0, 0.1) is 6.92 Å². The van der Waals surface area contributed by atoms with E-state index in [9.17, 15) is 4.79 Å². The first-order valence-corrected chi connectivity index (χ1v) is 7.76. The fourth-order valence-corrected chi connectivity index (χ4v) is 2.66. The molecule has 118 valence electrons. The molecule has 0 amide bonds. The van der Waals surface area contributed by atoms with Gasteiger partial charge >= 0.3 is 0 Å². The summed E-state index contributed by atoms with van der Waals surface area (Å²) < 4.78 is 7.48. The van der Waals surface area contributed by atoms with Gasteiger partial charge in [-0.05, 0) is 20.3 Å². The van der Waals surface area contributed by atoms with Crippen LogP contribution < -0.4 is 4.74 Å². The Morgan fingerprint density at radius 3 is 2.57 bits per heavy atom. The first-order valence-electron chi connectivity index (χ1n) is 7.76. The smallest absolute Gasteiger partial charge is 0.237 e. The minimum absolute atomic E-state index is 0.105. The molecule has 2 aromatic heterocycles. The summed E-state index contributed by atoms with van der Waals surface area (Å²) in [5, 5.41) is 0. The molecule has 0 aliphatic heterocycles. The van der Waals surface area contributed by atoms with Crippen LogP contribution in [0.4, 0.5) is 0 Å². The molecule has 3 rings (SSSR count). The number of aromatic nitrogens is 3. The second-order valence-corrected chi connectivity index (χ2v) is 5.26. The Bertz CT molecular complexity index is 854. The van der Waals surface area contributed by atoms with Gasteiger partial charge in [-0.15, -0.1) is 0 Å². The van der Waals surface area contributed by atoms with Gasteiger partial charge in [0.1, 0.15) is 5.69 Å². The van der Waals surface area contributed by atoms with E-state index in [4.69, 9.17) is 4.74 Å². The minimum Gasteiger partial charge on any atom is -0.478 e. The van der Waals surface area contributed by atoms with Gasteiger partial charge in [-0.3, -0.25) is 9.20 Å². The summed E-state index contributed by atoms with van der Waals surface area (Å²) in [7, 11) is 0. The van der Waals surface area contributed by atoms with Crippen molar-refractivity contribution in [2.24, 2.45) is 0 Å². The Morgan fingerprint density at radius 2 is 1.91 bits per heavy atom. The zero-order valence-corrected chi connectivity index (χ0v) is 13.5. The lowest BCUT2D eigenvalue weighted by atomic mass is 10.1. The summed E-state index contributed by atoms with van der Waals surface area (Å²) in [6.07, 6.45) is 2.56. The summed E-state index contributed by atoms with van der Waals surface area (Å²) >= 11 is 0. The Kier molecular flexibility index (Phi) is 4.10. The fourth-order valence-electron chi connectivity index (χ4n) is 2.66. The van der Waals surface area contributed by atoms with E-state index in [1.807, 2.05) is 36.4 Å². The van der Waals surface area contributed by atoms with Crippen molar-refractivity contribution in [3.8, 4) is 5.88 Å². The molecule has 5 nitrogen and oxygen atoms in total. The van der Waals surface area contributed by atoms with E-state index < -0.39 is 0 Å². The van der Waals surface area contributed by atoms with Gasteiger partial charge in [-0.1, -0.05) is 37.3 Å². The first-order chi connectivity index (χ1) is 11.2. The van der Waals surface area contributed by atoms with Crippen LogP contribution in [0.1, 0.15) is 41.2 Å². The first kappa shape index (κ1) is 15.2. The number of benzene rings is 1. The van der Waals surface area contributed by atoms with Crippen molar-refractivity contribution in [1.82, 2.24) is 14.4 Å². The second kappa shape index (κ2) is 6.20. The number of aryl methyl sites for hydroxylation is 1. The number of imidazole rings is 1. The monoisotopic (exact) mass is 309 g/mol. The van der Waals surface area contributed by atoms with Crippen LogP contribution in [0.3, 0.4) is 0 Å². The van der Waals surface area contributed by atoms with Crippen molar-refractivity contribution in [1.29, 1.82) is 0 Å². The molecule has 3 aromatic rings. The molecule has 0 bridgehead atoms. The molecular weight excluding hydrogens is 290 g/mol. The molecule has 0 atom stereocenters. The summed E-state index contributed by atoms with van der Waals surface area (Å²) in [4.78, 5) is 21.4. The van der Waals surface area contributed by atoms with Gasteiger partial charge < -0.3 is 4.74 Å². The number of rotatable bonds is 5. The number of hydrogen-bond acceptors (Lipinski definition) is 4. The predicted molar refractivity (Wildman–Crippen MR) is 88.1 cm³/mol. The van der Waals surface area contributed by atoms with Gasteiger partial charge in [0.05, 0.1) is 6.61 Å². The molecule has 0 N–H and O–H groups in total. The highest BCUT2D eigenvalue weighted by atomic mass is 16.5. The van der Waals surface area contributed by atoms with E-state index in [0.717, 1.165) is 17.7 Å². The largest absolute Gasteiger partial charge is 0.478 e. The highest BCUT2D eigenvalue weighted by molar-refractivity contribution is 6.07. The number of fused-ring (bicyclic) bond motifs is 1. The zero-order chi connectivity index (χ0) is 16.4. The van der Waals surface area contributed by atoms with Gasteiger partial charge in [0.25, 0.3) is 0 Å². The van der Waals surface area contributed by atoms with Crippen LogP contribution in [-0.2, 0) is 6.42 Å². The van der Waals surface area contributed by atoms with Crippen LogP contribution >= 0.6 is 0 Å². The molecule has 5 heteroatoms. The number of hydrogen-bond donors (Lipinski definition) is 0. The van der Waals surface area contributed by atoms with E-state index in [-0.39, 0.29) is 5.78 Å². The molecule has 2 heterocycles. The SMILES string of the molecule is CCOc1nc2nc(C(=O)c3ccccc3)cn2c(C)c1CC. The number of carbonyl (C=O) groups excluding carboxylic acids is 1. The van der Waals surface area contributed by atoms with Crippen molar-refractivity contribution in [2.75, 3.05) is 6.61 Å². The standard InChI is InChI=1S/C18H19N3O2/c1-4-14-12(3)21-11-15(16(22)13-9-7-6-8-10-13)19-18(21)20-17(14)23-5-2/h6-11H,4-5H2,1-3H3. The predicted octanol–water partition coefficient (Wildman–Crippen LogP) is 3.23. The van der Waals surface area contributed by atoms with E-state index in [2.05, 4.69) is 16.9 Å². The second-order valence-electron chi connectivity index (χ2n) is 5.26. The maximum atomic E-state index is 12.6. The van der Waals surface area contributed by atoms with Crippen LogP contribution in [0.15, 0.2) is 36.5 Å². The van der Waals surface area contributed by atoms with E-state index in [1.165, 1.54) is 0 Å². The van der Waals surface area contributed by atoms with Crippen molar-refractivity contribution in [3.05, 3.63) is 59.0 Å². The Labute approximate surface area is 135 Å². The van der Waals surface area contributed by atoms with E-state index >= 15 is 0 Å². The Hall–Kier alpha value is -2.69. The van der Waals surface area contributed by atoms with Crippen LogP contribution in [0.25, 0.3) is 5.78 Å². The Balaban J connectivity index is 2.12. The van der Waals surface area contributed by atoms with Crippen molar-refractivity contribution in [2.45, 2.75) is 27.2 Å². The topological polar surface area (TPSA) is 56.5 Å². The summed E-state index contributed by atoms with van der Waals surface area (Å²) in [6, 6.07) is 9.14. The molecule has 1 aromatic carbocycles. The third kappa shape index (κ3) is 2.70. The van der Waals surface area contributed by atoms with Crippen LogP contribution in [0.2, 0.25) is 0 Å². The van der Waals surface area contributed by atoms with Gasteiger partial charge in [-0.2, -0.15) is 4.98 Å². The highest BCUT2D eigenvalue weighted by Crippen LogP contribution is 2.23. The van der Waals surface area contributed by atoms with Gasteiger partial charge in [-0.25, -0.2) is 4.98 Å². The summed E-state index contributed by atoms with van der Waals surface area (Å²) in [5.41, 5.74) is 3.05. The molecule has 0 aliphatic carbocycles. The lowest BCUT2D eigenvalue weighted by molar-refractivity contribution is 0.103. The zero-order valence-electron chi connectivity index (χ0n) is 13.5. The summed E-state index contributed by atoms with van der Waals surface area (Å²) in [6.45, 7) is 6.53. The summed E-state index contributed by atoms with van der Waals surface area (Å²) in [5.74, 6) is 0.984. The normalized spacial score (nSPS) is 10.9. The Morgan fingerprint density at radius 1 is 1.17 bits per heavy atom. The average Bonchev–Trinajstić information content (AvgIpc) is 3.00. The molecule has 0 aliphatic rings. The molecule has 0 spiro atoms. The maximum Gasteiger partial charge on any atom is 0.237 e.